The molecule has 23 heavy (non-hydrogen) atoms. The summed E-state index contributed by atoms with van der Waals surface area (Å²) < 4.78 is 5.44. The molecule has 0 aliphatic carbocycles. The Morgan fingerprint density at radius 2 is 2.00 bits per heavy atom. The number of nitrogens with zero attached hydrogens (tertiary/aromatic N) is 2. The van der Waals surface area contributed by atoms with Crippen LogP contribution in [0.2, 0.25) is 0 Å². The largest absolute Gasteiger partial charge is 0.477 e. The Hall–Kier alpha value is -1.66. The number of nitrogens with one attached hydrogen (secondary N) is 1. The molecule has 2 saturated heterocycles. The molecular formula is C17H25N3O3. The molecule has 6 heteroatoms. The van der Waals surface area contributed by atoms with Gasteiger partial charge in [-0.2, -0.15) is 0 Å². The first-order chi connectivity index (χ1) is 11.2. The van der Waals surface area contributed by atoms with Crippen LogP contribution < -0.4 is 5.32 Å². The highest BCUT2D eigenvalue weighted by molar-refractivity contribution is 5.85. The lowest BCUT2D eigenvalue weighted by Crippen LogP contribution is -2.44. The highest BCUT2D eigenvalue weighted by Gasteiger charge is 2.26. The van der Waals surface area contributed by atoms with Crippen molar-refractivity contribution in [1.29, 1.82) is 0 Å². The van der Waals surface area contributed by atoms with Crippen LogP contribution >= 0.6 is 0 Å². The molecule has 3 heterocycles. The van der Waals surface area contributed by atoms with Gasteiger partial charge in [-0.05, 0) is 56.8 Å². The van der Waals surface area contributed by atoms with Crippen LogP contribution in [0.4, 0.5) is 5.82 Å². The Morgan fingerprint density at radius 1 is 1.26 bits per heavy atom. The first-order valence-electron chi connectivity index (χ1n) is 8.48. The number of hydrogen-bond donors (Lipinski definition) is 2. The normalized spacial score (nSPS) is 21.2. The van der Waals surface area contributed by atoms with Gasteiger partial charge >= 0.3 is 5.97 Å². The molecule has 1 aromatic rings. The van der Waals surface area contributed by atoms with Crippen molar-refractivity contribution in [1.82, 2.24) is 9.88 Å². The van der Waals surface area contributed by atoms with Crippen molar-refractivity contribution >= 4 is 11.8 Å². The zero-order valence-electron chi connectivity index (χ0n) is 13.4. The fraction of sp³-hybridized carbons (Fsp3) is 0.647. The van der Waals surface area contributed by atoms with Crippen LogP contribution in [0.25, 0.3) is 0 Å². The molecule has 1 aromatic heterocycles. The van der Waals surface area contributed by atoms with Crippen molar-refractivity contribution in [2.45, 2.75) is 31.7 Å². The number of aromatic nitrogens is 1. The van der Waals surface area contributed by atoms with Gasteiger partial charge in [0.05, 0.1) is 0 Å². The maximum atomic E-state index is 10.9. The number of hydrogen-bond acceptors (Lipinski definition) is 5. The number of ether oxygens (including phenoxy) is 1. The lowest BCUT2D eigenvalue weighted by atomic mass is 9.94. The fourth-order valence-electron chi connectivity index (χ4n) is 3.47. The molecule has 3 rings (SSSR count). The maximum absolute atomic E-state index is 10.9. The smallest absolute Gasteiger partial charge is 0.354 e. The fourth-order valence-corrected chi connectivity index (χ4v) is 3.47. The number of pyridine rings is 1. The Morgan fingerprint density at radius 3 is 2.70 bits per heavy atom. The van der Waals surface area contributed by atoms with Gasteiger partial charge in [-0.25, -0.2) is 9.78 Å². The number of anilines is 1. The number of likely N-dealkylation sites (tertiary alicyclic amines) is 1. The quantitative estimate of drug-likeness (QED) is 0.865. The third-order valence-electron chi connectivity index (χ3n) is 4.90. The van der Waals surface area contributed by atoms with E-state index in [1.165, 1.54) is 18.9 Å². The summed E-state index contributed by atoms with van der Waals surface area (Å²) in [6.07, 6.45) is 4.69. The average molecular weight is 319 g/mol. The van der Waals surface area contributed by atoms with Gasteiger partial charge < -0.3 is 20.1 Å². The molecule has 0 amide bonds. The lowest BCUT2D eigenvalue weighted by molar-refractivity contribution is 0.0219. The topological polar surface area (TPSA) is 74.7 Å². The van der Waals surface area contributed by atoms with E-state index >= 15 is 0 Å². The van der Waals surface area contributed by atoms with Crippen LogP contribution in [-0.2, 0) is 4.74 Å². The molecule has 0 aromatic carbocycles. The first kappa shape index (κ1) is 16.2. The molecule has 2 aliphatic rings. The van der Waals surface area contributed by atoms with Gasteiger partial charge in [0.25, 0.3) is 0 Å². The summed E-state index contributed by atoms with van der Waals surface area (Å²) in [7, 11) is 0. The molecule has 2 N–H and O–H groups in total. The van der Waals surface area contributed by atoms with Crippen molar-refractivity contribution in [2.24, 2.45) is 5.92 Å². The summed E-state index contributed by atoms with van der Waals surface area (Å²) in [6, 6.07) is 5.77. The van der Waals surface area contributed by atoms with Crippen LogP contribution in [-0.4, -0.2) is 59.8 Å². The molecule has 0 radical (unpaired) electrons. The van der Waals surface area contributed by atoms with Gasteiger partial charge in [-0.3, -0.25) is 0 Å². The summed E-state index contributed by atoms with van der Waals surface area (Å²) in [4.78, 5) is 17.7. The first-order valence-corrected chi connectivity index (χ1v) is 8.48. The molecule has 0 saturated carbocycles. The van der Waals surface area contributed by atoms with Gasteiger partial charge in [0, 0.05) is 25.8 Å². The van der Waals surface area contributed by atoms with E-state index in [9.17, 15) is 4.79 Å². The number of carboxylic acid groups (broad SMARTS) is 1. The number of carboxylic acids is 1. The third-order valence-corrected chi connectivity index (χ3v) is 4.90. The molecule has 126 valence electrons. The molecule has 6 nitrogen and oxygen atoms in total. The van der Waals surface area contributed by atoms with Crippen molar-refractivity contribution in [3.05, 3.63) is 23.9 Å². The van der Waals surface area contributed by atoms with Crippen molar-refractivity contribution in [2.75, 3.05) is 38.2 Å². The van der Waals surface area contributed by atoms with E-state index < -0.39 is 5.97 Å². The van der Waals surface area contributed by atoms with E-state index in [0.717, 1.165) is 45.7 Å². The Balaban J connectivity index is 1.44. The van der Waals surface area contributed by atoms with Crippen molar-refractivity contribution in [3.63, 3.8) is 0 Å². The highest BCUT2D eigenvalue weighted by atomic mass is 16.5. The van der Waals surface area contributed by atoms with E-state index in [1.807, 2.05) is 6.07 Å². The molecule has 0 spiro atoms. The third kappa shape index (κ3) is 4.42. The molecule has 0 unspecified atom stereocenters. The monoisotopic (exact) mass is 319 g/mol. The van der Waals surface area contributed by atoms with Gasteiger partial charge in [-0.15, -0.1) is 0 Å². The summed E-state index contributed by atoms with van der Waals surface area (Å²) in [6.45, 7) is 4.96. The van der Waals surface area contributed by atoms with Gasteiger partial charge in [-0.1, -0.05) is 6.07 Å². The zero-order chi connectivity index (χ0) is 16.1. The Kier molecular flexibility index (Phi) is 5.46. The number of piperidine rings is 1. The van der Waals surface area contributed by atoms with Crippen LogP contribution in [0.3, 0.4) is 0 Å². The summed E-state index contributed by atoms with van der Waals surface area (Å²) >= 11 is 0. The maximum Gasteiger partial charge on any atom is 0.354 e. The van der Waals surface area contributed by atoms with Crippen LogP contribution in [0.1, 0.15) is 36.2 Å². The van der Waals surface area contributed by atoms with Crippen molar-refractivity contribution in [3.8, 4) is 0 Å². The van der Waals surface area contributed by atoms with Crippen molar-refractivity contribution < 1.29 is 14.6 Å². The number of carbonyl (C=O) groups is 1. The predicted molar refractivity (Wildman–Crippen MR) is 87.8 cm³/mol. The molecular weight excluding hydrogens is 294 g/mol. The number of aromatic carboxylic acids is 1. The standard InChI is InChI=1S/C17H25N3O3/c21-17(22)15-2-1-3-16(19-15)18-12-13-4-8-20(9-5-13)14-6-10-23-11-7-14/h1-3,13-14H,4-12H2,(H,18,19)(H,21,22). The Labute approximate surface area is 136 Å². The van der Waals surface area contributed by atoms with E-state index in [0.29, 0.717) is 17.8 Å². The van der Waals surface area contributed by atoms with Crippen LogP contribution in [0.15, 0.2) is 18.2 Å². The predicted octanol–water partition coefficient (Wildman–Crippen LogP) is 2.08. The highest BCUT2D eigenvalue weighted by Crippen LogP contribution is 2.23. The summed E-state index contributed by atoms with van der Waals surface area (Å²) in [5.41, 5.74) is 0.0873. The lowest BCUT2D eigenvalue weighted by Gasteiger charge is -2.39. The minimum atomic E-state index is -0.988. The van der Waals surface area contributed by atoms with Gasteiger partial charge in [0.2, 0.25) is 0 Å². The van der Waals surface area contributed by atoms with E-state index in [4.69, 9.17) is 9.84 Å². The molecule has 0 atom stereocenters. The van der Waals surface area contributed by atoms with Gasteiger partial charge in [0.15, 0.2) is 5.69 Å². The minimum Gasteiger partial charge on any atom is -0.477 e. The zero-order valence-corrected chi connectivity index (χ0v) is 13.4. The van der Waals surface area contributed by atoms with E-state index in [1.54, 1.807) is 6.07 Å². The van der Waals surface area contributed by atoms with Gasteiger partial charge in [0.1, 0.15) is 5.82 Å². The van der Waals surface area contributed by atoms with E-state index in [2.05, 4.69) is 15.2 Å². The molecule has 0 bridgehead atoms. The second-order valence-electron chi connectivity index (χ2n) is 6.42. The van der Waals surface area contributed by atoms with Crippen LogP contribution in [0.5, 0.6) is 0 Å². The Bertz CT molecular complexity index is 524. The average Bonchev–Trinajstić information content (AvgIpc) is 2.61. The van der Waals surface area contributed by atoms with E-state index in [-0.39, 0.29) is 5.69 Å². The summed E-state index contributed by atoms with van der Waals surface area (Å²) in [5, 5.41) is 12.3. The summed E-state index contributed by atoms with van der Waals surface area (Å²) in [5.74, 6) is 0.288. The number of rotatable bonds is 5. The second-order valence-corrected chi connectivity index (χ2v) is 6.42. The molecule has 2 fully saturated rings. The molecule has 2 aliphatic heterocycles. The minimum absolute atomic E-state index is 0.0873. The SMILES string of the molecule is O=C(O)c1cccc(NCC2CCN(C3CCOCC3)CC2)n1. The van der Waals surface area contributed by atoms with Crippen LogP contribution in [0, 0.1) is 5.92 Å². The second kappa shape index (κ2) is 7.75.